The molecule has 2 aromatic heterocycles. The van der Waals surface area contributed by atoms with Crippen LogP contribution >= 0.6 is 0 Å². The Bertz CT molecular complexity index is 1890. The summed E-state index contributed by atoms with van der Waals surface area (Å²) in [6.45, 7) is 13.6. The fourth-order valence-electron chi connectivity index (χ4n) is 6.50. The molecule has 16 heteroatoms. The molecule has 0 bridgehead atoms. The molecule has 2 N–H and O–H groups in total. The minimum atomic E-state index is -4.83. The van der Waals surface area contributed by atoms with Crippen molar-refractivity contribution in [2.75, 3.05) is 23.7 Å². The summed E-state index contributed by atoms with van der Waals surface area (Å²) in [6, 6.07) is 1.87. The number of amides is 1. The molecule has 0 radical (unpaired) electrons. The number of carbonyl (C=O) groups is 1. The molecule has 1 amide bonds. The van der Waals surface area contributed by atoms with Gasteiger partial charge in [-0.1, -0.05) is 0 Å². The molecule has 1 saturated heterocycles. The minimum Gasteiger partial charge on any atom is -0.488 e. The number of rotatable bonds is 8. The summed E-state index contributed by atoms with van der Waals surface area (Å²) < 4.78 is 82.3. The largest absolute Gasteiger partial charge is 0.488 e. The minimum absolute atomic E-state index is 0.00963. The molecule has 2 aliphatic heterocycles. The monoisotopic (exact) mass is 719 g/mol. The summed E-state index contributed by atoms with van der Waals surface area (Å²) in [5, 5.41) is 8.80. The number of piperidine rings is 1. The highest BCUT2D eigenvalue weighted by Crippen LogP contribution is 2.46. The van der Waals surface area contributed by atoms with Gasteiger partial charge in [0, 0.05) is 31.3 Å². The number of hydrogen-bond donors (Lipinski definition) is 2. The van der Waals surface area contributed by atoms with Gasteiger partial charge in [-0.2, -0.15) is 23.3 Å². The van der Waals surface area contributed by atoms with Gasteiger partial charge >= 0.3 is 12.3 Å². The van der Waals surface area contributed by atoms with Crippen LogP contribution in [-0.2, 0) is 27.2 Å². The number of fused-ring (bicyclic) bond motifs is 1. The number of alkyl halides is 3. The standard InChI is InChI=1S/C34H44F3N7O5S/c1-18(2)50(46,47)30-26(17-44(42-30)22-8-9-22)39-29-24(34(35,36)37)16-38-31(41-29)40-25-14-19(3)27(23-15-20(4)48-28(23)25)21-10-12-43(13-11-21)32(45)49-33(5,6)7/h14,16-18,20-22H,8-13,15H2,1-7H3,(H2,38,39,40,41)/t20-/m1/s1. The SMILES string of the molecule is Cc1cc(Nc2ncc(C(F)(F)F)c(Nc3cn(C4CC4)nc3S(=O)(=O)C(C)C)n2)c2c(c1C1CCN(C(=O)OC(C)(C)C)CC1)C[C@@H](C)O2. The van der Waals surface area contributed by atoms with Crippen molar-refractivity contribution < 1.29 is 35.9 Å². The summed E-state index contributed by atoms with van der Waals surface area (Å²) in [4.78, 5) is 22.6. The third-order valence-electron chi connectivity index (χ3n) is 9.10. The number of sulfone groups is 1. The molecule has 1 aliphatic carbocycles. The molecular weight excluding hydrogens is 675 g/mol. The van der Waals surface area contributed by atoms with Gasteiger partial charge in [-0.25, -0.2) is 18.2 Å². The molecule has 1 aromatic carbocycles. The van der Waals surface area contributed by atoms with Crippen LogP contribution < -0.4 is 15.4 Å². The van der Waals surface area contributed by atoms with Crippen molar-refractivity contribution in [3.63, 3.8) is 0 Å². The van der Waals surface area contributed by atoms with Crippen molar-refractivity contribution in [2.45, 2.75) is 121 Å². The number of likely N-dealkylation sites (tertiary alicyclic amines) is 1. The Labute approximate surface area is 290 Å². The molecule has 1 saturated carbocycles. The summed E-state index contributed by atoms with van der Waals surface area (Å²) in [5.74, 6) is 0.0196. The van der Waals surface area contributed by atoms with E-state index in [0.717, 1.165) is 42.4 Å². The second-order valence-corrected chi connectivity index (χ2v) is 17.1. The second kappa shape index (κ2) is 12.9. The van der Waals surface area contributed by atoms with Crippen LogP contribution in [-0.4, -0.2) is 69.2 Å². The van der Waals surface area contributed by atoms with Gasteiger partial charge < -0.3 is 25.0 Å². The van der Waals surface area contributed by atoms with Crippen LogP contribution in [0.2, 0.25) is 0 Å². The molecule has 1 atom stereocenters. The van der Waals surface area contributed by atoms with E-state index in [9.17, 15) is 26.4 Å². The fraction of sp³-hybridized carbons (Fsp3) is 0.588. The van der Waals surface area contributed by atoms with Gasteiger partial charge in [0.1, 0.15) is 28.8 Å². The third kappa shape index (κ3) is 7.35. The second-order valence-electron chi connectivity index (χ2n) is 14.7. The summed E-state index contributed by atoms with van der Waals surface area (Å²) in [7, 11) is -3.94. The van der Waals surface area contributed by atoms with E-state index in [1.54, 1.807) is 4.90 Å². The van der Waals surface area contributed by atoms with Crippen molar-refractivity contribution in [3.05, 3.63) is 40.7 Å². The molecule has 50 heavy (non-hydrogen) atoms. The number of aromatic nitrogens is 4. The highest BCUT2D eigenvalue weighted by atomic mass is 32.2. The molecule has 272 valence electrons. The van der Waals surface area contributed by atoms with Crippen LogP contribution in [0, 0.1) is 6.92 Å². The van der Waals surface area contributed by atoms with Crippen LogP contribution in [0.5, 0.6) is 5.75 Å². The number of nitrogens with one attached hydrogen (secondary N) is 2. The molecule has 3 aliphatic rings. The summed E-state index contributed by atoms with van der Waals surface area (Å²) in [5.41, 5.74) is 1.82. The predicted octanol–water partition coefficient (Wildman–Crippen LogP) is 7.44. The first-order valence-electron chi connectivity index (χ1n) is 16.9. The topological polar surface area (TPSA) is 141 Å². The molecule has 0 spiro atoms. The molecule has 0 unspecified atom stereocenters. The normalized spacial score (nSPS) is 18.6. The zero-order valence-corrected chi connectivity index (χ0v) is 30.1. The number of ether oxygens (including phenoxy) is 2. The molecule has 3 aromatic rings. The van der Waals surface area contributed by atoms with Gasteiger partial charge in [0.2, 0.25) is 20.8 Å². The molecule has 4 heterocycles. The molecule has 12 nitrogen and oxygen atoms in total. The maximum absolute atomic E-state index is 14.2. The van der Waals surface area contributed by atoms with Gasteiger partial charge in [-0.15, -0.1) is 0 Å². The van der Waals surface area contributed by atoms with Crippen LogP contribution in [0.3, 0.4) is 0 Å². The lowest BCUT2D eigenvalue weighted by molar-refractivity contribution is -0.137. The van der Waals surface area contributed by atoms with Crippen molar-refractivity contribution >= 4 is 39.1 Å². The van der Waals surface area contributed by atoms with Gasteiger partial charge in [0.05, 0.1) is 28.9 Å². The third-order valence-corrected chi connectivity index (χ3v) is 11.2. The van der Waals surface area contributed by atoms with E-state index < -0.39 is 38.2 Å². The molecular formula is C34H44F3N7O5S. The van der Waals surface area contributed by atoms with Crippen LogP contribution in [0.15, 0.2) is 23.5 Å². The predicted molar refractivity (Wildman–Crippen MR) is 181 cm³/mol. The lowest BCUT2D eigenvalue weighted by Gasteiger charge is -2.34. The Balaban J connectivity index is 1.30. The average Bonchev–Trinajstić information content (AvgIpc) is 3.65. The Morgan fingerprint density at radius 1 is 1.08 bits per heavy atom. The van der Waals surface area contributed by atoms with Crippen molar-refractivity contribution in [1.82, 2.24) is 24.6 Å². The molecule has 6 rings (SSSR count). The number of carbonyl (C=O) groups excluding carboxylic acids is 1. The van der Waals surface area contributed by atoms with Crippen molar-refractivity contribution in [3.8, 4) is 5.75 Å². The number of benzene rings is 1. The van der Waals surface area contributed by atoms with E-state index in [-0.39, 0.29) is 40.8 Å². The van der Waals surface area contributed by atoms with E-state index >= 15 is 0 Å². The Hall–Kier alpha value is -4.08. The average molecular weight is 720 g/mol. The van der Waals surface area contributed by atoms with E-state index in [0.29, 0.717) is 37.1 Å². The highest BCUT2D eigenvalue weighted by Gasteiger charge is 2.38. The lowest BCUT2D eigenvalue weighted by atomic mass is 9.82. The number of anilines is 4. The fourth-order valence-corrected chi connectivity index (χ4v) is 7.57. The smallest absolute Gasteiger partial charge is 0.421 e. The summed E-state index contributed by atoms with van der Waals surface area (Å²) >= 11 is 0. The highest BCUT2D eigenvalue weighted by molar-refractivity contribution is 7.92. The van der Waals surface area contributed by atoms with Gasteiger partial charge in [0.25, 0.3) is 0 Å². The summed E-state index contributed by atoms with van der Waals surface area (Å²) in [6.07, 6.45) is 0.532. The van der Waals surface area contributed by atoms with Gasteiger partial charge in [0.15, 0.2) is 0 Å². The first-order chi connectivity index (χ1) is 23.3. The van der Waals surface area contributed by atoms with E-state index in [2.05, 4.69) is 25.7 Å². The Morgan fingerprint density at radius 2 is 1.76 bits per heavy atom. The zero-order chi connectivity index (χ0) is 36.3. The number of hydrogen-bond acceptors (Lipinski definition) is 10. The quantitative estimate of drug-likeness (QED) is 0.241. The first-order valence-corrected chi connectivity index (χ1v) is 18.5. The van der Waals surface area contributed by atoms with Gasteiger partial charge in [-0.05, 0) is 97.3 Å². The van der Waals surface area contributed by atoms with Crippen LogP contribution in [0.25, 0.3) is 0 Å². The number of nitrogens with zero attached hydrogens (tertiary/aromatic N) is 5. The van der Waals surface area contributed by atoms with Crippen molar-refractivity contribution in [2.24, 2.45) is 0 Å². The number of halogens is 3. The lowest BCUT2D eigenvalue weighted by Crippen LogP contribution is -2.41. The van der Waals surface area contributed by atoms with E-state index in [4.69, 9.17) is 9.47 Å². The van der Waals surface area contributed by atoms with E-state index in [1.807, 2.05) is 40.7 Å². The Morgan fingerprint density at radius 3 is 2.36 bits per heavy atom. The maximum atomic E-state index is 14.2. The van der Waals surface area contributed by atoms with Crippen LogP contribution in [0.4, 0.5) is 41.1 Å². The number of aryl methyl sites for hydroxylation is 1. The van der Waals surface area contributed by atoms with Gasteiger partial charge in [-0.3, -0.25) is 4.68 Å². The first kappa shape index (κ1) is 35.7. The van der Waals surface area contributed by atoms with E-state index in [1.165, 1.54) is 24.7 Å². The zero-order valence-electron chi connectivity index (χ0n) is 29.3. The maximum Gasteiger partial charge on any atom is 0.421 e. The Kier molecular flexibility index (Phi) is 9.23. The molecule has 2 fully saturated rings. The van der Waals surface area contributed by atoms with Crippen molar-refractivity contribution in [1.29, 1.82) is 0 Å². The van der Waals surface area contributed by atoms with Crippen LogP contribution in [0.1, 0.15) is 101 Å².